The number of morpholine rings is 1. The summed E-state index contributed by atoms with van der Waals surface area (Å²) >= 11 is 5.96. The Bertz CT molecular complexity index is 1220. The average Bonchev–Trinajstić information content (AvgIpc) is 3.21. The summed E-state index contributed by atoms with van der Waals surface area (Å²) in [7, 11) is -3.69. The Kier molecular flexibility index (Phi) is 6.29. The molecule has 1 amide bonds. The third kappa shape index (κ3) is 4.83. The normalized spacial score (nSPS) is 19.6. The van der Waals surface area contributed by atoms with Crippen molar-refractivity contribution in [1.29, 1.82) is 0 Å². The lowest BCUT2D eigenvalue weighted by atomic mass is 10.2. The van der Waals surface area contributed by atoms with Crippen molar-refractivity contribution in [2.45, 2.75) is 31.0 Å². The van der Waals surface area contributed by atoms with Gasteiger partial charge in [0.15, 0.2) is 0 Å². The molecular weight excluding hydrogens is 456 g/mol. The van der Waals surface area contributed by atoms with E-state index in [-0.39, 0.29) is 47.7 Å². The van der Waals surface area contributed by atoms with E-state index < -0.39 is 15.9 Å². The highest BCUT2D eigenvalue weighted by Crippen LogP contribution is 2.24. The van der Waals surface area contributed by atoms with Gasteiger partial charge in [-0.05, 0) is 56.3 Å². The molecular formula is C21H21ClN4O5S. The molecule has 1 fully saturated rings. The minimum absolute atomic E-state index is 0.0852. The third-order valence-electron chi connectivity index (χ3n) is 4.86. The predicted molar refractivity (Wildman–Crippen MR) is 118 cm³/mol. The number of benzene rings is 2. The van der Waals surface area contributed by atoms with Crippen molar-refractivity contribution in [1.82, 2.24) is 14.5 Å². The monoisotopic (exact) mass is 476 g/mol. The summed E-state index contributed by atoms with van der Waals surface area (Å²) in [5.74, 6) is -0.304. The molecule has 0 saturated carbocycles. The lowest BCUT2D eigenvalue weighted by Gasteiger charge is -2.34. The second-order valence-corrected chi connectivity index (χ2v) is 9.85. The minimum atomic E-state index is -3.69. The number of hydrogen-bond acceptors (Lipinski definition) is 7. The van der Waals surface area contributed by atoms with Crippen molar-refractivity contribution in [2.24, 2.45) is 0 Å². The number of ether oxygens (including phenoxy) is 1. The Morgan fingerprint density at radius 2 is 1.78 bits per heavy atom. The van der Waals surface area contributed by atoms with Crippen LogP contribution in [0.5, 0.6) is 0 Å². The first-order chi connectivity index (χ1) is 15.2. The maximum absolute atomic E-state index is 12.9. The molecule has 1 N–H and O–H groups in total. The molecule has 2 unspecified atom stereocenters. The molecule has 1 saturated heterocycles. The summed E-state index contributed by atoms with van der Waals surface area (Å²) in [6, 6.07) is 12.5. The van der Waals surface area contributed by atoms with Crippen molar-refractivity contribution in [2.75, 3.05) is 18.4 Å². The van der Waals surface area contributed by atoms with Gasteiger partial charge in [0.2, 0.25) is 15.9 Å². The second-order valence-electron chi connectivity index (χ2n) is 7.48. The van der Waals surface area contributed by atoms with Crippen LogP contribution in [-0.2, 0) is 14.8 Å². The van der Waals surface area contributed by atoms with E-state index in [4.69, 9.17) is 20.8 Å². The van der Waals surface area contributed by atoms with Crippen LogP contribution in [0.25, 0.3) is 11.5 Å². The van der Waals surface area contributed by atoms with Gasteiger partial charge in [-0.25, -0.2) is 8.42 Å². The van der Waals surface area contributed by atoms with E-state index in [0.29, 0.717) is 10.6 Å². The van der Waals surface area contributed by atoms with Crippen LogP contribution < -0.4 is 5.32 Å². The number of nitrogens with zero attached hydrogens (tertiary/aromatic N) is 3. The number of hydrogen-bond donors (Lipinski definition) is 1. The molecule has 11 heteroatoms. The van der Waals surface area contributed by atoms with Crippen LogP contribution in [0.1, 0.15) is 24.2 Å². The Morgan fingerprint density at radius 3 is 2.44 bits per heavy atom. The second kappa shape index (κ2) is 8.99. The molecule has 0 radical (unpaired) electrons. The first-order valence-electron chi connectivity index (χ1n) is 9.89. The largest absolute Gasteiger partial charge is 0.403 e. The van der Waals surface area contributed by atoms with Crippen LogP contribution in [0, 0.1) is 0 Å². The molecule has 2 atom stereocenters. The number of carbonyl (C=O) groups excluding carboxylic acids is 1. The molecule has 0 spiro atoms. The fraction of sp³-hybridized carbons (Fsp3) is 0.286. The van der Waals surface area contributed by atoms with Crippen molar-refractivity contribution < 1.29 is 22.4 Å². The average molecular weight is 477 g/mol. The van der Waals surface area contributed by atoms with Crippen LogP contribution in [0.2, 0.25) is 5.02 Å². The Hall–Kier alpha value is -2.79. The van der Waals surface area contributed by atoms with E-state index in [1.54, 1.807) is 24.3 Å². The number of nitrogens with one attached hydrogen (secondary N) is 1. The highest BCUT2D eigenvalue weighted by molar-refractivity contribution is 7.89. The first kappa shape index (κ1) is 22.4. The van der Waals surface area contributed by atoms with Crippen LogP contribution in [-0.4, -0.2) is 54.1 Å². The number of aromatic nitrogens is 2. The molecule has 32 heavy (non-hydrogen) atoms. The molecule has 3 aromatic rings. The van der Waals surface area contributed by atoms with Gasteiger partial charge in [0.25, 0.3) is 5.91 Å². The van der Waals surface area contributed by atoms with Gasteiger partial charge in [0, 0.05) is 29.2 Å². The number of amides is 1. The molecule has 168 valence electrons. The summed E-state index contributed by atoms with van der Waals surface area (Å²) in [4.78, 5) is 12.6. The lowest BCUT2D eigenvalue weighted by molar-refractivity contribution is -0.0440. The van der Waals surface area contributed by atoms with E-state index in [1.165, 1.54) is 28.6 Å². The molecule has 0 aliphatic carbocycles. The number of sulfonamides is 1. The van der Waals surface area contributed by atoms with Crippen LogP contribution >= 0.6 is 11.6 Å². The topological polar surface area (TPSA) is 115 Å². The van der Waals surface area contributed by atoms with Crippen molar-refractivity contribution in [3.8, 4) is 11.5 Å². The summed E-state index contributed by atoms with van der Waals surface area (Å²) < 4.78 is 38.3. The van der Waals surface area contributed by atoms with Crippen LogP contribution in [0.3, 0.4) is 0 Å². The molecule has 1 aromatic heterocycles. The molecule has 2 heterocycles. The standard InChI is InChI=1S/C21H21ClN4O5S/c1-13-11-26(12-14(2)30-13)32(28,29)18-8-6-15(7-9-18)19(27)23-21-25-24-20(31-21)16-4-3-5-17(22)10-16/h3-10,13-14H,11-12H2,1-2H3,(H,23,25,27). The maximum Gasteiger partial charge on any atom is 0.322 e. The van der Waals surface area contributed by atoms with Crippen molar-refractivity contribution in [3.05, 3.63) is 59.1 Å². The van der Waals surface area contributed by atoms with Crippen molar-refractivity contribution in [3.63, 3.8) is 0 Å². The van der Waals surface area contributed by atoms with Gasteiger partial charge >= 0.3 is 6.01 Å². The van der Waals surface area contributed by atoms with Gasteiger partial charge < -0.3 is 9.15 Å². The fourth-order valence-corrected chi connectivity index (χ4v) is 5.22. The predicted octanol–water partition coefficient (Wildman–Crippen LogP) is 3.44. The zero-order chi connectivity index (χ0) is 22.9. The van der Waals surface area contributed by atoms with Crippen LogP contribution in [0.15, 0.2) is 57.8 Å². The van der Waals surface area contributed by atoms with Gasteiger partial charge in [-0.1, -0.05) is 22.8 Å². The minimum Gasteiger partial charge on any atom is -0.403 e. The Labute approximate surface area is 190 Å². The van der Waals surface area contributed by atoms with Gasteiger partial charge in [-0.2, -0.15) is 4.31 Å². The van der Waals surface area contributed by atoms with Gasteiger partial charge in [0.1, 0.15) is 0 Å². The molecule has 0 bridgehead atoms. The highest BCUT2D eigenvalue weighted by Gasteiger charge is 2.32. The summed E-state index contributed by atoms with van der Waals surface area (Å²) in [5.41, 5.74) is 0.863. The zero-order valence-electron chi connectivity index (χ0n) is 17.4. The number of carbonyl (C=O) groups is 1. The van der Waals surface area contributed by atoms with E-state index >= 15 is 0 Å². The smallest absolute Gasteiger partial charge is 0.322 e. The molecule has 1 aliphatic rings. The van der Waals surface area contributed by atoms with Gasteiger partial charge in [-0.3, -0.25) is 10.1 Å². The van der Waals surface area contributed by atoms with Crippen molar-refractivity contribution >= 4 is 33.5 Å². The molecule has 2 aromatic carbocycles. The third-order valence-corrected chi connectivity index (χ3v) is 6.94. The summed E-state index contributed by atoms with van der Waals surface area (Å²) in [6.45, 7) is 4.23. The van der Waals surface area contributed by atoms with Gasteiger partial charge in [0.05, 0.1) is 17.1 Å². The molecule has 9 nitrogen and oxygen atoms in total. The highest BCUT2D eigenvalue weighted by atomic mass is 35.5. The van der Waals surface area contributed by atoms with E-state index in [0.717, 1.165) is 0 Å². The Balaban J connectivity index is 1.46. The number of rotatable bonds is 5. The lowest BCUT2D eigenvalue weighted by Crippen LogP contribution is -2.48. The Morgan fingerprint density at radius 1 is 1.09 bits per heavy atom. The fourth-order valence-electron chi connectivity index (χ4n) is 3.44. The summed E-state index contributed by atoms with van der Waals surface area (Å²) in [6.07, 6.45) is -0.380. The van der Waals surface area contributed by atoms with E-state index in [9.17, 15) is 13.2 Å². The molecule has 1 aliphatic heterocycles. The maximum atomic E-state index is 12.9. The van der Waals surface area contributed by atoms with E-state index in [2.05, 4.69) is 15.5 Å². The van der Waals surface area contributed by atoms with E-state index in [1.807, 2.05) is 13.8 Å². The molecule has 4 rings (SSSR count). The van der Waals surface area contributed by atoms with Gasteiger partial charge in [-0.15, -0.1) is 5.10 Å². The number of anilines is 1. The first-order valence-corrected chi connectivity index (χ1v) is 11.7. The number of halogens is 1. The summed E-state index contributed by atoms with van der Waals surface area (Å²) in [5, 5.41) is 10.7. The quantitative estimate of drug-likeness (QED) is 0.599. The zero-order valence-corrected chi connectivity index (χ0v) is 18.9. The SMILES string of the molecule is CC1CN(S(=O)(=O)c2ccc(C(=O)Nc3nnc(-c4cccc(Cl)c4)o3)cc2)CC(C)O1. The van der Waals surface area contributed by atoms with Crippen LogP contribution in [0.4, 0.5) is 6.01 Å².